The van der Waals surface area contributed by atoms with E-state index in [-0.39, 0.29) is 6.03 Å². The molecule has 0 bridgehead atoms. The van der Waals surface area contributed by atoms with Crippen LogP contribution in [-0.2, 0) is 20.0 Å². The fourth-order valence-corrected chi connectivity index (χ4v) is 2.02. The summed E-state index contributed by atoms with van der Waals surface area (Å²) in [5.41, 5.74) is 0.990. The zero-order valence-corrected chi connectivity index (χ0v) is 13.1. The van der Waals surface area contributed by atoms with Crippen LogP contribution in [0.4, 0.5) is 4.79 Å². The molecule has 21 heavy (non-hydrogen) atoms. The van der Waals surface area contributed by atoms with E-state index in [0.717, 1.165) is 11.4 Å². The van der Waals surface area contributed by atoms with Gasteiger partial charge < -0.3 is 15.2 Å². The summed E-state index contributed by atoms with van der Waals surface area (Å²) in [5, 5.41) is 13.0. The Hall–Kier alpha value is -1.86. The third-order valence-corrected chi connectivity index (χ3v) is 3.59. The van der Waals surface area contributed by atoms with Gasteiger partial charge in [0.2, 0.25) is 0 Å². The predicted octanol–water partition coefficient (Wildman–Crippen LogP) is 2.17. The van der Waals surface area contributed by atoms with E-state index in [0.29, 0.717) is 29.3 Å². The summed E-state index contributed by atoms with van der Waals surface area (Å²) in [5.74, 6) is 0.804. The van der Waals surface area contributed by atoms with Gasteiger partial charge in [-0.15, -0.1) is 0 Å². The monoisotopic (exact) mass is 325 g/mol. The Labute approximate surface area is 132 Å². The van der Waals surface area contributed by atoms with Crippen LogP contribution in [0, 0.1) is 4.77 Å². The molecule has 0 aliphatic rings. The number of rotatable bonds is 5. The third-order valence-electron chi connectivity index (χ3n) is 2.97. The molecule has 1 aromatic heterocycles. The van der Waals surface area contributed by atoms with E-state index in [4.69, 9.17) is 23.8 Å². The zero-order valence-electron chi connectivity index (χ0n) is 11.5. The highest BCUT2D eigenvalue weighted by atomic mass is 35.5. The van der Waals surface area contributed by atoms with Crippen LogP contribution >= 0.6 is 23.8 Å². The molecular formula is C13H16ClN5OS. The number of aromatic amines is 1. The number of amides is 2. The quantitative estimate of drug-likeness (QED) is 0.738. The van der Waals surface area contributed by atoms with Crippen LogP contribution in [0.3, 0.4) is 0 Å². The predicted molar refractivity (Wildman–Crippen MR) is 83.8 cm³/mol. The number of urea groups is 1. The fraction of sp³-hybridized carbons (Fsp3) is 0.308. The zero-order chi connectivity index (χ0) is 15.2. The maximum absolute atomic E-state index is 11.7. The fourth-order valence-electron chi connectivity index (χ4n) is 1.74. The molecule has 6 nitrogen and oxygen atoms in total. The number of hydrogen-bond donors (Lipinski definition) is 3. The molecule has 8 heteroatoms. The van der Waals surface area contributed by atoms with Crippen molar-refractivity contribution in [1.29, 1.82) is 0 Å². The number of carbonyl (C=O) groups excluding carboxylic acids is 1. The lowest BCUT2D eigenvalue weighted by molar-refractivity contribution is 0.240. The van der Waals surface area contributed by atoms with Gasteiger partial charge in [0.05, 0.1) is 0 Å². The lowest BCUT2D eigenvalue weighted by Crippen LogP contribution is -2.36. The van der Waals surface area contributed by atoms with Gasteiger partial charge in [-0.05, 0) is 29.9 Å². The van der Waals surface area contributed by atoms with E-state index in [1.807, 2.05) is 19.2 Å². The first kappa shape index (κ1) is 15.5. The first-order chi connectivity index (χ1) is 10.1. The number of nitrogens with one attached hydrogen (secondary N) is 3. The van der Waals surface area contributed by atoms with E-state index < -0.39 is 0 Å². The summed E-state index contributed by atoms with van der Waals surface area (Å²) in [4.78, 5) is 11.7. The van der Waals surface area contributed by atoms with Crippen LogP contribution in [0.5, 0.6) is 0 Å². The summed E-state index contributed by atoms with van der Waals surface area (Å²) in [6, 6.07) is 7.11. The lowest BCUT2D eigenvalue weighted by Gasteiger charge is -2.07. The average molecular weight is 326 g/mol. The number of hydrogen-bond acceptors (Lipinski definition) is 3. The third kappa shape index (κ3) is 4.57. The van der Waals surface area contributed by atoms with Crippen molar-refractivity contribution in [2.24, 2.45) is 7.05 Å². The van der Waals surface area contributed by atoms with Gasteiger partial charge in [0.15, 0.2) is 4.77 Å². The Balaban J connectivity index is 1.71. The van der Waals surface area contributed by atoms with Gasteiger partial charge in [-0.25, -0.2) is 4.79 Å². The smallest absolute Gasteiger partial charge is 0.315 e. The van der Waals surface area contributed by atoms with Crippen molar-refractivity contribution in [2.45, 2.75) is 13.0 Å². The normalized spacial score (nSPS) is 10.4. The van der Waals surface area contributed by atoms with Crippen LogP contribution < -0.4 is 10.6 Å². The molecule has 1 heterocycles. The van der Waals surface area contributed by atoms with Crippen LogP contribution in [-0.4, -0.2) is 27.3 Å². The Bertz CT molecular complexity index is 664. The number of nitrogens with zero attached hydrogens (tertiary/aromatic N) is 2. The molecule has 1 aromatic carbocycles. The van der Waals surface area contributed by atoms with Gasteiger partial charge in [0.1, 0.15) is 5.82 Å². The van der Waals surface area contributed by atoms with Crippen molar-refractivity contribution in [3.8, 4) is 0 Å². The molecule has 3 N–H and O–H groups in total. The van der Waals surface area contributed by atoms with E-state index in [9.17, 15) is 4.79 Å². The molecule has 0 fully saturated rings. The van der Waals surface area contributed by atoms with E-state index in [2.05, 4.69) is 20.8 Å². The molecular weight excluding hydrogens is 310 g/mol. The maximum Gasteiger partial charge on any atom is 0.315 e. The summed E-state index contributed by atoms with van der Waals surface area (Å²) >= 11 is 10.8. The maximum atomic E-state index is 11.7. The highest BCUT2D eigenvalue weighted by Gasteiger charge is 2.04. The van der Waals surface area contributed by atoms with E-state index in [1.165, 1.54) is 0 Å². The Kier molecular flexibility index (Phi) is 5.35. The van der Waals surface area contributed by atoms with Crippen molar-refractivity contribution < 1.29 is 4.79 Å². The highest BCUT2D eigenvalue weighted by molar-refractivity contribution is 7.71. The standard InChI is InChI=1S/C13H16ClN5OS/c1-19-11(17-18-13(19)21)6-7-15-12(20)16-8-9-2-4-10(14)5-3-9/h2-5H,6-8H2,1H3,(H,18,21)(H2,15,16,20). The molecule has 0 aliphatic heterocycles. The molecule has 0 aliphatic carbocycles. The van der Waals surface area contributed by atoms with Gasteiger partial charge in [-0.2, -0.15) is 5.10 Å². The number of H-pyrrole nitrogens is 1. The lowest BCUT2D eigenvalue weighted by atomic mass is 10.2. The molecule has 0 saturated heterocycles. The Morgan fingerprint density at radius 1 is 1.38 bits per heavy atom. The topological polar surface area (TPSA) is 74.7 Å². The first-order valence-electron chi connectivity index (χ1n) is 6.42. The largest absolute Gasteiger partial charge is 0.338 e. The molecule has 0 saturated carbocycles. The molecule has 2 rings (SSSR count). The first-order valence-corrected chi connectivity index (χ1v) is 7.21. The van der Waals surface area contributed by atoms with E-state index in [1.54, 1.807) is 16.7 Å². The highest BCUT2D eigenvalue weighted by Crippen LogP contribution is 2.08. The second kappa shape index (κ2) is 7.24. The van der Waals surface area contributed by atoms with Gasteiger partial charge in [0, 0.05) is 31.6 Å². The summed E-state index contributed by atoms with van der Waals surface area (Å²) in [7, 11) is 1.84. The number of benzene rings is 1. The molecule has 2 aromatic rings. The van der Waals surface area contributed by atoms with Crippen molar-refractivity contribution in [3.05, 3.63) is 45.4 Å². The summed E-state index contributed by atoms with van der Waals surface area (Å²) in [6.45, 7) is 0.940. The molecule has 0 atom stereocenters. The molecule has 0 unspecified atom stereocenters. The van der Waals surface area contributed by atoms with Crippen LogP contribution in [0.2, 0.25) is 5.02 Å². The minimum absolute atomic E-state index is 0.221. The average Bonchev–Trinajstić information content (AvgIpc) is 2.79. The second-order valence-electron chi connectivity index (χ2n) is 4.49. The summed E-state index contributed by atoms with van der Waals surface area (Å²) in [6.07, 6.45) is 0.609. The minimum Gasteiger partial charge on any atom is -0.338 e. The van der Waals surface area contributed by atoms with Crippen molar-refractivity contribution >= 4 is 29.8 Å². The van der Waals surface area contributed by atoms with Gasteiger partial charge >= 0.3 is 6.03 Å². The Morgan fingerprint density at radius 2 is 2.10 bits per heavy atom. The molecule has 0 radical (unpaired) electrons. The minimum atomic E-state index is -0.221. The van der Waals surface area contributed by atoms with Crippen LogP contribution in [0.25, 0.3) is 0 Å². The summed E-state index contributed by atoms with van der Waals surface area (Å²) < 4.78 is 2.35. The second-order valence-corrected chi connectivity index (χ2v) is 5.31. The SMILES string of the molecule is Cn1c(CCNC(=O)NCc2ccc(Cl)cc2)n[nH]c1=S. The van der Waals surface area contributed by atoms with Gasteiger partial charge in [0.25, 0.3) is 0 Å². The number of halogens is 1. The Morgan fingerprint density at radius 3 is 2.71 bits per heavy atom. The molecule has 0 spiro atoms. The van der Waals surface area contributed by atoms with E-state index >= 15 is 0 Å². The molecule has 112 valence electrons. The van der Waals surface area contributed by atoms with Crippen LogP contribution in [0.15, 0.2) is 24.3 Å². The van der Waals surface area contributed by atoms with Crippen molar-refractivity contribution in [2.75, 3.05) is 6.54 Å². The van der Waals surface area contributed by atoms with Crippen molar-refractivity contribution in [1.82, 2.24) is 25.4 Å². The number of aromatic nitrogens is 3. The van der Waals surface area contributed by atoms with Gasteiger partial charge in [-0.1, -0.05) is 23.7 Å². The van der Waals surface area contributed by atoms with Crippen molar-refractivity contribution in [3.63, 3.8) is 0 Å². The van der Waals surface area contributed by atoms with Gasteiger partial charge in [-0.3, -0.25) is 5.10 Å². The van der Waals surface area contributed by atoms with Crippen LogP contribution in [0.1, 0.15) is 11.4 Å². The number of carbonyl (C=O) groups is 1. The molecule has 2 amide bonds.